The number of amides is 1. The summed E-state index contributed by atoms with van der Waals surface area (Å²) in [5.74, 6) is -0.378. The molecule has 0 radical (unpaired) electrons. The lowest BCUT2D eigenvalue weighted by molar-refractivity contribution is -0.151. The number of thiophene rings is 1. The molecule has 3 heterocycles. The molecule has 0 bridgehead atoms. The van der Waals surface area contributed by atoms with Crippen molar-refractivity contribution in [3.05, 3.63) is 16.8 Å². The number of thioether (sulfide) groups is 1. The third-order valence-corrected chi connectivity index (χ3v) is 6.82. The number of nitrogens with zero attached hydrogens (tertiary/aromatic N) is 3. The standard InChI is InChI=1S/C18H23N3O3S2/c1-11-6-4-5-7-21(11)14(22)8-24-15(23)9-25-17-16-12(2)13(3)26-18(16)20-10-19-17/h10-11H,4-9H2,1-3H3/t11-/m0/s1. The Bertz CT molecular complexity index is 821. The van der Waals surface area contributed by atoms with Gasteiger partial charge in [0.1, 0.15) is 16.2 Å². The minimum absolute atomic E-state index is 0.107. The smallest absolute Gasteiger partial charge is 0.316 e. The fraction of sp³-hybridized carbons (Fsp3) is 0.556. The number of carbonyl (C=O) groups is 2. The number of piperidine rings is 1. The number of hydrogen-bond donors (Lipinski definition) is 0. The van der Waals surface area contributed by atoms with Crippen molar-refractivity contribution in [1.29, 1.82) is 0 Å². The lowest BCUT2D eigenvalue weighted by Gasteiger charge is -2.33. The Morgan fingerprint density at radius 2 is 2.15 bits per heavy atom. The highest BCUT2D eigenvalue weighted by Crippen LogP contribution is 2.34. The molecule has 0 N–H and O–H groups in total. The van der Waals surface area contributed by atoms with Gasteiger partial charge in [0.15, 0.2) is 6.61 Å². The van der Waals surface area contributed by atoms with Gasteiger partial charge in [0.2, 0.25) is 0 Å². The van der Waals surface area contributed by atoms with Crippen LogP contribution in [0.3, 0.4) is 0 Å². The SMILES string of the molecule is Cc1sc2ncnc(SCC(=O)OCC(=O)N3CCCC[C@@H]3C)c2c1C. The molecule has 3 rings (SSSR count). The van der Waals surface area contributed by atoms with Crippen LogP contribution >= 0.6 is 23.1 Å². The first kappa shape index (κ1) is 19.1. The summed E-state index contributed by atoms with van der Waals surface area (Å²) in [6, 6.07) is 0.225. The first-order valence-electron chi connectivity index (χ1n) is 8.76. The number of fused-ring (bicyclic) bond motifs is 1. The van der Waals surface area contributed by atoms with E-state index in [1.165, 1.54) is 23.0 Å². The second kappa shape index (κ2) is 8.35. The van der Waals surface area contributed by atoms with Gasteiger partial charge in [-0.2, -0.15) is 0 Å². The molecule has 2 aromatic heterocycles. The Kier molecular flexibility index (Phi) is 6.13. The zero-order chi connectivity index (χ0) is 18.7. The summed E-state index contributed by atoms with van der Waals surface area (Å²) in [6.07, 6.45) is 4.70. The van der Waals surface area contributed by atoms with E-state index >= 15 is 0 Å². The van der Waals surface area contributed by atoms with Gasteiger partial charge in [-0.25, -0.2) is 9.97 Å². The van der Waals surface area contributed by atoms with Gasteiger partial charge in [0.05, 0.1) is 5.75 Å². The molecule has 8 heteroatoms. The monoisotopic (exact) mass is 393 g/mol. The minimum Gasteiger partial charge on any atom is -0.455 e. The summed E-state index contributed by atoms with van der Waals surface area (Å²) in [5.41, 5.74) is 1.15. The van der Waals surface area contributed by atoms with Crippen LogP contribution in [0, 0.1) is 13.8 Å². The zero-order valence-corrected chi connectivity index (χ0v) is 16.9. The van der Waals surface area contributed by atoms with E-state index in [9.17, 15) is 9.59 Å². The van der Waals surface area contributed by atoms with Crippen LogP contribution in [0.2, 0.25) is 0 Å². The molecular formula is C18H23N3O3S2. The maximum Gasteiger partial charge on any atom is 0.316 e. The molecule has 1 atom stereocenters. The fourth-order valence-corrected chi connectivity index (χ4v) is 5.04. The molecule has 6 nitrogen and oxygen atoms in total. The molecule has 1 fully saturated rings. The van der Waals surface area contributed by atoms with E-state index in [1.54, 1.807) is 11.3 Å². The van der Waals surface area contributed by atoms with E-state index in [4.69, 9.17) is 4.74 Å². The van der Waals surface area contributed by atoms with Crippen molar-refractivity contribution < 1.29 is 14.3 Å². The molecule has 1 amide bonds. The number of aryl methyl sites for hydroxylation is 2. The molecule has 0 unspecified atom stereocenters. The lowest BCUT2D eigenvalue weighted by Crippen LogP contribution is -2.44. The van der Waals surface area contributed by atoms with Gasteiger partial charge in [-0.3, -0.25) is 9.59 Å². The summed E-state index contributed by atoms with van der Waals surface area (Å²) in [5, 5.41) is 1.79. The number of rotatable bonds is 5. The molecule has 0 spiro atoms. The maximum atomic E-state index is 12.2. The zero-order valence-electron chi connectivity index (χ0n) is 15.3. The van der Waals surface area contributed by atoms with Gasteiger partial charge in [0.25, 0.3) is 5.91 Å². The van der Waals surface area contributed by atoms with Crippen LogP contribution in [0.5, 0.6) is 0 Å². The molecule has 1 saturated heterocycles. The Hall–Kier alpha value is -1.67. The Labute approximate surface area is 161 Å². The van der Waals surface area contributed by atoms with E-state index in [2.05, 4.69) is 16.9 Å². The molecular weight excluding hydrogens is 370 g/mol. The number of esters is 1. The normalized spacial score (nSPS) is 17.5. The number of hydrogen-bond acceptors (Lipinski definition) is 7. The topological polar surface area (TPSA) is 72.4 Å². The predicted molar refractivity (Wildman–Crippen MR) is 104 cm³/mol. The molecule has 1 aliphatic rings. The van der Waals surface area contributed by atoms with E-state index in [0.717, 1.165) is 46.6 Å². The van der Waals surface area contributed by atoms with Crippen molar-refractivity contribution >= 4 is 45.2 Å². The van der Waals surface area contributed by atoms with Gasteiger partial charge >= 0.3 is 5.97 Å². The quantitative estimate of drug-likeness (QED) is 0.441. The van der Waals surface area contributed by atoms with E-state index in [-0.39, 0.29) is 24.3 Å². The van der Waals surface area contributed by atoms with Gasteiger partial charge < -0.3 is 9.64 Å². The van der Waals surface area contributed by atoms with Gasteiger partial charge in [-0.1, -0.05) is 11.8 Å². The third kappa shape index (κ3) is 4.17. The highest BCUT2D eigenvalue weighted by atomic mass is 32.2. The van der Waals surface area contributed by atoms with Crippen molar-refractivity contribution in [2.75, 3.05) is 18.9 Å². The predicted octanol–water partition coefficient (Wildman–Crippen LogP) is 3.34. The third-order valence-electron chi connectivity index (χ3n) is 4.74. The average Bonchev–Trinajstić information content (AvgIpc) is 2.93. The molecule has 2 aromatic rings. The second-order valence-electron chi connectivity index (χ2n) is 6.52. The van der Waals surface area contributed by atoms with E-state index < -0.39 is 5.97 Å². The van der Waals surface area contributed by atoms with Gasteiger partial charge in [-0.05, 0) is 45.6 Å². The van der Waals surface area contributed by atoms with Gasteiger partial charge in [0, 0.05) is 22.8 Å². The Morgan fingerprint density at radius 1 is 1.35 bits per heavy atom. The first-order valence-corrected chi connectivity index (χ1v) is 10.6. The summed E-state index contributed by atoms with van der Waals surface area (Å²) >= 11 is 2.96. The fourth-order valence-electron chi connectivity index (χ4n) is 3.12. The van der Waals surface area contributed by atoms with Crippen LogP contribution in [-0.2, 0) is 14.3 Å². The van der Waals surface area contributed by atoms with Crippen LogP contribution < -0.4 is 0 Å². The number of aromatic nitrogens is 2. The van der Waals surface area contributed by atoms with Crippen LogP contribution in [0.25, 0.3) is 10.2 Å². The van der Waals surface area contributed by atoms with Crippen molar-refractivity contribution in [3.8, 4) is 0 Å². The number of ether oxygens (including phenoxy) is 1. The average molecular weight is 394 g/mol. The summed E-state index contributed by atoms with van der Waals surface area (Å²) in [4.78, 5) is 36.8. The highest BCUT2D eigenvalue weighted by molar-refractivity contribution is 8.00. The van der Waals surface area contributed by atoms with Crippen LogP contribution in [0.4, 0.5) is 0 Å². The lowest BCUT2D eigenvalue weighted by atomic mass is 10.0. The molecule has 26 heavy (non-hydrogen) atoms. The summed E-state index contributed by atoms with van der Waals surface area (Å²) in [6.45, 7) is 6.71. The summed E-state index contributed by atoms with van der Waals surface area (Å²) < 4.78 is 5.18. The van der Waals surface area contributed by atoms with Crippen molar-refractivity contribution in [2.45, 2.75) is 51.1 Å². The molecule has 0 aromatic carbocycles. The Balaban J connectivity index is 1.54. The largest absolute Gasteiger partial charge is 0.455 e. The second-order valence-corrected chi connectivity index (χ2v) is 8.69. The highest BCUT2D eigenvalue weighted by Gasteiger charge is 2.24. The van der Waals surface area contributed by atoms with Crippen molar-refractivity contribution in [2.24, 2.45) is 0 Å². The van der Waals surface area contributed by atoms with Crippen molar-refractivity contribution in [3.63, 3.8) is 0 Å². The number of carbonyl (C=O) groups excluding carboxylic acids is 2. The Morgan fingerprint density at radius 3 is 2.92 bits per heavy atom. The first-order chi connectivity index (χ1) is 12.5. The maximum absolute atomic E-state index is 12.2. The van der Waals surface area contributed by atoms with E-state index in [0.29, 0.717) is 0 Å². The number of likely N-dealkylation sites (tertiary alicyclic amines) is 1. The van der Waals surface area contributed by atoms with Crippen LogP contribution in [-0.4, -0.2) is 51.7 Å². The molecule has 140 valence electrons. The van der Waals surface area contributed by atoms with Crippen LogP contribution in [0.1, 0.15) is 36.6 Å². The molecule has 0 saturated carbocycles. The van der Waals surface area contributed by atoms with Gasteiger partial charge in [-0.15, -0.1) is 11.3 Å². The molecule has 0 aliphatic carbocycles. The van der Waals surface area contributed by atoms with E-state index in [1.807, 2.05) is 18.7 Å². The molecule has 1 aliphatic heterocycles. The van der Waals surface area contributed by atoms with Crippen LogP contribution in [0.15, 0.2) is 11.4 Å². The summed E-state index contributed by atoms with van der Waals surface area (Å²) in [7, 11) is 0. The van der Waals surface area contributed by atoms with Crippen molar-refractivity contribution in [1.82, 2.24) is 14.9 Å². The minimum atomic E-state index is -0.399.